The summed E-state index contributed by atoms with van der Waals surface area (Å²) in [5, 5.41) is 0. The number of aldehydes is 1. The number of carbonyl (C=O) groups excluding carboxylic acids is 1. The van der Waals surface area contributed by atoms with Gasteiger partial charge in [-0.3, -0.25) is 4.79 Å². The van der Waals surface area contributed by atoms with Crippen LogP contribution in [0.5, 0.6) is 0 Å². The number of hydrogen-bond acceptors (Lipinski definition) is 1. The first-order chi connectivity index (χ1) is 7.43. The van der Waals surface area contributed by atoms with Gasteiger partial charge in [0.05, 0.1) is 0 Å². The molecule has 0 spiro atoms. The molecule has 0 radical (unpaired) electrons. The maximum atomic E-state index is 10.6. The smallest absolute Gasteiger partial charge is 0.176 e. The van der Waals surface area contributed by atoms with E-state index in [0.29, 0.717) is 18.6 Å². The second-order valence-corrected chi connectivity index (χ2v) is 6.01. The van der Waals surface area contributed by atoms with Crippen molar-refractivity contribution in [1.29, 1.82) is 0 Å². The number of halogens is 2. The molecule has 0 bridgehead atoms. The van der Waals surface area contributed by atoms with Gasteiger partial charge in [-0.2, -0.15) is 0 Å². The van der Waals surface area contributed by atoms with Crippen molar-refractivity contribution in [1.82, 2.24) is 0 Å². The van der Waals surface area contributed by atoms with Crippen molar-refractivity contribution in [3.8, 4) is 0 Å². The van der Waals surface area contributed by atoms with Crippen molar-refractivity contribution in [2.24, 2.45) is 5.92 Å². The topological polar surface area (TPSA) is 17.1 Å². The van der Waals surface area contributed by atoms with E-state index in [4.69, 9.17) is 23.2 Å². The Morgan fingerprint density at radius 3 is 2.12 bits per heavy atom. The van der Waals surface area contributed by atoms with Crippen LogP contribution in [0.2, 0.25) is 0 Å². The minimum atomic E-state index is -1.31. The molecule has 0 fully saturated rings. The Kier molecular flexibility index (Phi) is 4.82. The monoisotopic (exact) mass is 258 g/mol. The van der Waals surface area contributed by atoms with E-state index in [1.807, 2.05) is 12.1 Å². The Morgan fingerprint density at radius 1 is 1.19 bits per heavy atom. The molecule has 0 aliphatic heterocycles. The highest BCUT2D eigenvalue weighted by molar-refractivity contribution is 6.55. The van der Waals surface area contributed by atoms with Gasteiger partial charge in [0.15, 0.2) is 10.6 Å². The summed E-state index contributed by atoms with van der Waals surface area (Å²) in [6.45, 7) is 4.37. The molecule has 0 unspecified atom stereocenters. The van der Waals surface area contributed by atoms with Gasteiger partial charge < -0.3 is 0 Å². The van der Waals surface area contributed by atoms with E-state index in [1.54, 1.807) is 0 Å². The van der Waals surface area contributed by atoms with Crippen LogP contribution in [0.1, 0.15) is 25.0 Å². The molecule has 1 nitrogen and oxygen atoms in total. The van der Waals surface area contributed by atoms with Gasteiger partial charge in [0.25, 0.3) is 0 Å². The SMILES string of the molecule is CC(C)Cc1ccc(CC(Cl)(Cl)C=O)cc1. The fourth-order valence-corrected chi connectivity index (χ4v) is 1.89. The summed E-state index contributed by atoms with van der Waals surface area (Å²) in [7, 11) is 0. The molecule has 1 aromatic rings. The van der Waals surface area contributed by atoms with Crippen LogP contribution in [0, 0.1) is 5.92 Å². The van der Waals surface area contributed by atoms with Gasteiger partial charge in [0.2, 0.25) is 0 Å². The third-order valence-electron chi connectivity index (χ3n) is 2.28. The zero-order chi connectivity index (χ0) is 12.2. The number of benzene rings is 1. The highest BCUT2D eigenvalue weighted by Gasteiger charge is 2.23. The maximum absolute atomic E-state index is 10.6. The third-order valence-corrected chi connectivity index (χ3v) is 2.72. The predicted molar refractivity (Wildman–Crippen MR) is 69.2 cm³/mol. The zero-order valence-corrected chi connectivity index (χ0v) is 11.1. The predicted octanol–water partition coefficient (Wildman–Crippen LogP) is 3.80. The standard InChI is InChI=1S/C13H16Cl2O/c1-10(2)7-11-3-5-12(6-4-11)8-13(14,15)9-16/h3-6,9-10H,7-8H2,1-2H3. The minimum absolute atomic E-state index is 0.349. The van der Waals surface area contributed by atoms with Crippen LogP contribution in [0.4, 0.5) is 0 Å². The Hall–Kier alpha value is -0.530. The van der Waals surface area contributed by atoms with Gasteiger partial charge in [-0.25, -0.2) is 0 Å². The van der Waals surface area contributed by atoms with Crippen LogP contribution in [-0.2, 0) is 17.6 Å². The van der Waals surface area contributed by atoms with Crippen molar-refractivity contribution in [3.05, 3.63) is 35.4 Å². The number of hydrogen-bond donors (Lipinski definition) is 0. The summed E-state index contributed by atoms with van der Waals surface area (Å²) >= 11 is 11.6. The van der Waals surface area contributed by atoms with Crippen molar-refractivity contribution < 1.29 is 4.79 Å². The molecule has 88 valence electrons. The number of alkyl halides is 2. The highest BCUT2D eigenvalue weighted by Crippen LogP contribution is 2.23. The normalized spacial score (nSPS) is 11.8. The van der Waals surface area contributed by atoms with E-state index in [0.717, 1.165) is 12.0 Å². The molecule has 0 saturated heterocycles. The molecular weight excluding hydrogens is 243 g/mol. The van der Waals surface area contributed by atoms with Gasteiger partial charge in [-0.1, -0.05) is 61.3 Å². The molecule has 0 aliphatic carbocycles. The Balaban J connectivity index is 2.68. The van der Waals surface area contributed by atoms with Gasteiger partial charge in [0, 0.05) is 6.42 Å². The average Bonchev–Trinajstić information content (AvgIpc) is 2.20. The highest BCUT2D eigenvalue weighted by atomic mass is 35.5. The van der Waals surface area contributed by atoms with E-state index in [1.165, 1.54) is 5.56 Å². The fourth-order valence-electron chi connectivity index (χ4n) is 1.58. The summed E-state index contributed by atoms with van der Waals surface area (Å²) in [5.41, 5.74) is 2.27. The van der Waals surface area contributed by atoms with E-state index in [2.05, 4.69) is 26.0 Å². The van der Waals surface area contributed by atoms with Crippen LogP contribution in [0.25, 0.3) is 0 Å². The average molecular weight is 259 g/mol. The quantitative estimate of drug-likeness (QED) is 0.580. The first kappa shape index (κ1) is 13.5. The van der Waals surface area contributed by atoms with Crippen molar-refractivity contribution in [3.63, 3.8) is 0 Å². The van der Waals surface area contributed by atoms with Gasteiger partial charge in [0.1, 0.15) is 0 Å². The van der Waals surface area contributed by atoms with Gasteiger partial charge in [-0.15, -0.1) is 0 Å². The Morgan fingerprint density at radius 2 is 1.69 bits per heavy atom. The lowest BCUT2D eigenvalue weighted by molar-refractivity contribution is -0.108. The van der Waals surface area contributed by atoms with Crippen LogP contribution in [0.15, 0.2) is 24.3 Å². The minimum Gasteiger partial charge on any atom is -0.300 e. The summed E-state index contributed by atoms with van der Waals surface area (Å²) < 4.78 is -1.31. The Labute approximate surface area is 107 Å². The second kappa shape index (κ2) is 5.70. The van der Waals surface area contributed by atoms with Crippen LogP contribution < -0.4 is 0 Å². The molecule has 16 heavy (non-hydrogen) atoms. The van der Waals surface area contributed by atoms with Crippen LogP contribution in [-0.4, -0.2) is 10.6 Å². The molecule has 0 atom stereocenters. The lowest BCUT2D eigenvalue weighted by Crippen LogP contribution is -2.17. The second-order valence-electron chi connectivity index (χ2n) is 4.47. The molecular formula is C13H16Cl2O. The molecule has 0 saturated carbocycles. The summed E-state index contributed by atoms with van der Waals surface area (Å²) in [6.07, 6.45) is 1.97. The van der Waals surface area contributed by atoms with Crippen LogP contribution >= 0.6 is 23.2 Å². The lowest BCUT2D eigenvalue weighted by Gasteiger charge is -2.12. The van der Waals surface area contributed by atoms with E-state index >= 15 is 0 Å². The third kappa shape index (κ3) is 4.54. The van der Waals surface area contributed by atoms with Crippen molar-refractivity contribution in [2.45, 2.75) is 31.0 Å². The molecule has 0 aromatic heterocycles. The largest absolute Gasteiger partial charge is 0.300 e. The van der Waals surface area contributed by atoms with Crippen molar-refractivity contribution >= 4 is 29.5 Å². The molecule has 0 aliphatic rings. The first-order valence-electron chi connectivity index (χ1n) is 5.35. The summed E-state index contributed by atoms with van der Waals surface area (Å²) in [6, 6.07) is 8.06. The summed E-state index contributed by atoms with van der Waals surface area (Å²) in [4.78, 5) is 10.6. The zero-order valence-electron chi connectivity index (χ0n) is 9.54. The van der Waals surface area contributed by atoms with E-state index < -0.39 is 4.33 Å². The van der Waals surface area contributed by atoms with Crippen molar-refractivity contribution in [2.75, 3.05) is 0 Å². The fraction of sp³-hybridized carbons (Fsp3) is 0.462. The number of rotatable bonds is 5. The molecule has 1 rings (SSSR count). The molecule has 1 aromatic carbocycles. The first-order valence-corrected chi connectivity index (χ1v) is 6.10. The maximum Gasteiger partial charge on any atom is 0.176 e. The van der Waals surface area contributed by atoms with E-state index in [-0.39, 0.29) is 0 Å². The molecule has 0 amide bonds. The van der Waals surface area contributed by atoms with Crippen LogP contribution in [0.3, 0.4) is 0 Å². The lowest BCUT2D eigenvalue weighted by atomic mass is 10.0. The molecule has 0 N–H and O–H groups in total. The van der Waals surface area contributed by atoms with Gasteiger partial charge in [-0.05, 0) is 23.5 Å². The van der Waals surface area contributed by atoms with Gasteiger partial charge >= 0.3 is 0 Å². The molecule has 3 heteroatoms. The number of carbonyl (C=O) groups is 1. The Bertz CT molecular complexity index is 341. The summed E-state index contributed by atoms with van der Waals surface area (Å²) in [5.74, 6) is 0.640. The molecule has 0 heterocycles. The van der Waals surface area contributed by atoms with E-state index in [9.17, 15) is 4.79 Å².